The van der Waals surface area contributed by atoms with Crippen LogP contribution in [-0.4, -0.2) is 27.5 Å². The van der Waals surface area contributed by atoms with E-state index in [9.17, 15) is 5.26 Å². The molecule has 0 saturated heterocycles. The zero-order valence-electron chi connectivity index (χ0n) is 13.5. The van der Waals surface area contributed by atoms with Gasteiger partial charge in [0.1, 0.15) is 21.8 Å². The highest BCUT2D eigenvalue weighted by atomic mass is 32.2. The van der Waals surface area contributed by atoms with Crippen molar-refractivity contribution < 1.29 is 0 Å². The maximum atomic E-state index is 9.58. The molecule has 2 aromatic heterocycles. The van der Waals surface area contributed by atoms with Gasteiger partial charge in [0, 0.05) is 22.2 Å². The van der Waals surface area contributed by atoms with Crippen LogP contribution in [0.25, 0.3) is 16.4 Å². The Hall–Kier alpha value is -1.62. The van der Waals surface area contributed by atoms with E-state index in [1.165, 1.54) is 24.2 Å². The molecule has 0 aromatic carbocycles. The van der Waals surface area contributed by atoms with Gasteiger partial charge in [0.25, 0.3) is 0 Å². The zero-order valence-corrected chi connectivity index (χ0v) is 15.9. The van der Waals surface area contributed by atoms with Crippen molar-refractivity contribution in [2.24, 2.45) is 4.99 Å². The van der Waals surface area contributed by atoms with Gasteiger partial charge in [0.2, 0.25) is 0 Å². The lowest BCUT2D eigenvalue weighted by molar-refractivity contribution is 0.897. The first-order valence-electron chi connectivity index (χ1n) is 7.42. The summed E-state index contributed by atoms with van der Waals surface area (Å²) in [6.07, 6.45) is 4.13. The molecule has 0 aliphatic rings. The first-order chi connectivity index (χ1) is 11.7. The van der Waals surface area contributed by atoms with Gasteiger partial charge in [-0.3, -0.25) is 4.99 Å². The van der Waals surface area contributed by atoms with Crippen LogP contribution >= 0.6 is 34.9 Å². The molecule has 4 nitrogen and oxygen atoms in total. The molecule has 0 aliphatic carbocycles. The molecule has 0 unspecified atom stereocenters. The lowest BCUT2D eigenvalue weighted by atomic mass is 10.1. The predicted molar refractivity (Wildman–Crippen MR) is 107 cm³/mol. The van der Waals surface area contributed by atoms with Crippen molar-refractivity contribution in [2.75, 3.05) is 10.8 Å². The number of thiazole rings is 1. The van der Waals surface area contributed by atoms with Crippen LogP contribution in [0.2, 0.25) is 0 Å². The fourth-order valence-corrected chi connectivity index (χ4v) is 4.71. The number of thioether (sulfide) groups is 2. The van der Waals surface area contributed by atoms with Gasteiger partial charge in [0.15, 0.2) is 0 Å². The number of hydrogen-bond donors (Lipinski definition) is 0. The molecule has 0 saturated carbocycles. The van der Waals surface area contributed by atoms with Crippen LogP contribution < -0.4 is 0 Å². The van der Waals surface area contributed by atoms with Gasteiger partial charge in [-0.25, -0.2) is 9.97 Å². The molecule has 7 heteroatoms. The van der Waals surface area contributed by atoms with E-state index in [0.29, 0.717) is 21.8 Å². The van der Waals surface area contributed by atoms with Crippen LogP contribution in [0.1, 0.15) is 30.9 Å². The highest BCUT2D eigenvalue weighted by Gasteiger charge is 2.17. The summed E-state index contributed by atoms with van der Waals surface area (Å²) in [5.41, 5.74) is 2.40. The quantitative estimate of drug-likeness (QED) is 0.257. The fourth-order valence-electron chi connectivity index (χ4n) is 1.91. The number of aliphatic imine (C=N–C) groups is 1. The van der Waals surface area contributed by atoms with E-state index in [2.05, 4.69) is 41.2 Å². The van der Waals surface area contributed by atoms with Crippen molar-refractivity contribution >= 4 is 47.3 Å². The second kappa shape index (κ2) is 9.62. The van der Waals surface area contributed by atoms with E-state index in [0.717, 1.165) is 21.5 Å². The average Bonchev–Trinajstić information content (AvgIpc) is 3.14. The van der Waals surface area contributed by atoms with Gasteiger partial charge in [-0.2, -0.15) is 17.0 Å². The monoisotopic (exact) mass is 374 g/mol. The molecule has 24 heavy (non-hydrogen) atoms. The van der Waals surface area contributed by atoms with Crippen molar-refractivity contribution in [2.45, 2.75) is 24.8 Å². The Morgan fingerprint density at radius 3 is 2.96 bits per heavy atom. The van der Waals surface area contributed by atoms with Crippen molar-refractivity contribution in [3.63, 3.8) is 0 Å². The lowest BCUT2D eigenvalue weighted by Gasteiger charge is -2.10. The van der Waals surface area contributed by atoms with Crippen LogP contribution in [0.3, 0.4) is 0 Å². The molecule has 0 fully saturated rings. The van der Waals surface area contributed by atoms with E-state index in [4.69, 9.17) is 0 Å². The maximum Gasteiger partial charge on any atom is 0.141 e. The summed E-state index contributed by atoms with van der Waals surface area (Å²) in [4.78, 5) is 12.9. The molecule has 2 heterocycles. The second-order valence-corrected chi connectivity index (χ2v) is 8.14. The van der Waals surface area contributed by atoms with E-state index in [-0.39, 0.29) is 0 Å². The summed E-state index contributed by atoms with van der Waals surface area (Å²) in [7, 11) is 0. The number of rotatable bonds is 9. The van der Waals surface area contributed by atoms with Gasteiger partial charge >= 0.3 is 0 Å². The molecule has 0 spiro atoms. The summed E-state index contributed by atoms with van der Waals surface area (Å²) in [6.45, 7) is 9.61. The molecule has 124 valence electrons. The summed E-state index contributed by atoms with van der Waals surface area (Å²) in [6, 6.07) is 4.07. The normalized spacial score (nSPS) is 10.3. The summed E-state index contributed by atoms with van der Waals surface area (Å²) < 4.78 is 0. The largest absolute Gasteiger partial charge is 0.265 e. The van der Waals surface area contributed by atoms with Crippen LogP contribution in [-0.2, 0) is 0 Å². The third-order valence-corrected chi connectivity index (χ3v) is 6.25. The topological polar surface area (TPSA) is 61.9 Å². The van der Waals surface area contributed by atoms with E-state index < -0.39 is 0 Å². The maximum absolute atomic E-state index is 9.58. The Balaban J connectivity index is 2.35. The fraction of sp³-hybridized carbons (Fsp3) is 0.294. The molecular weight excluding hydrogens is 356 g/mol. The number of nitriles is 1. The number of nitrogens with zero attached hydrogens (tertiary/aromatic N) is 4. The highest BCUT2D eigenvalue weighted by molar-refractivity contribution is 8.15. The number of pyridine rings is 1. The Bertz CT molecular complexity index is 748. The predicted octanol–water partition coefficient (Wildman–Crippen LogP) is 5.33. The van der Waals surface area contributed by atoms with Gasteiger partial charge in [0.05, 0.1) is 11.3 Å². The minimum atomic E-state index is 0.479. The minimum absolute atomic E-state index is 0.479. The molecule has 0 bridgehead atoms. The highest BCUT2D eigenvalue weighted by Crippen LogP contribution is 2.33. The van der Waals surface area contributed by atoms with Crippen LogP contribution in [0, 0.1) is 11.3 Å². The van der Waals surface area contributed by atoms with Gasteiger partial charge in [-0.1, -0.05) is 31.7 Å². The Labute approximate surface area is 155 Å². The van der Waals surface area contributed by atoms with Crippen LogP contribution in [0.5, 0.6) is 0 Å². The average molecular weight is 375 g/mol. The van der Waals surface area contributed by atoms with E-state index in [1.54, 1.807) is 18.0 Å². The molecule has 0 N–H and O–H groups in total. The van der Waals surface area contributed by atoms with Crippen molar-refractivity contribution in [1.29, 1.82) is 5.26 Å². The smallest absolute Gasteiger partial charge is 0.141 e. The van der Waals surface area contributed by atoms with Gasteiger partial charge in [-0.15, -0.1) is 11.3 Å². The second-order valence-electron chi connectivity index (χ2n) is 4.81. The molecule has 0 amide bonds. The molecular formula is C17H18N4S3. The molecule has 2 aromatic rings. The zero-order chi connectivity index (χ0) is 17.4. The Kier molecular flexibility index (Phi) is 7.50. The van der Waals surface area contributed by atoms with Gasteiger partial charge < -0.3 is 0 Å². The van der Waals surface area contributed by atoms with Crippen molar-refractivity contribution in [3.05, 3.63) is 35.3 Å². The van der Waals surface area contributed by atoms with E-state index in [1.807, 2.05) is 23.2 Å². The minimum Gasteiger partial charge on any atom is -0.265 e. The van der Waals surface area contributed by atoms with Gasteiger partial charge in [-0.05, 0) is 25.0 Å². The molecule has 0 aliphatic heterocycles. The first kappa shape index (κ1) is 18.7. The Morgan fingerprint density at radius 2 is 2.33 bits per heavy atom. The molecule has 2 rings (SSSR count). The lowest BCUT2D eigenvalue weighted by Crippen LogP contribution is -1.97. The molecule has 0 radical (unpaired) electrons. The van der Waals surface area contributed by atoms with Crippen molar-refractivity contribution in [1.82, 2.24) is 9.97 Å². The third kappa shape index (κ3) is 4.69. The number of aromatic nitrogens is 2. The summed E-state index contributed by atoms with van der Waals surface area (Å²) in [5.74, 6) is 1.12. The SMILES string of the molecule is C=NC(=C)c1cc(-c2nccs2)nc(SCSCCCC)c1C#N. The first-order valence-corrected chi connectivity index (χ1v) is 10.4. The summed E-state index contributed by atoms with van der Waals surface area (Å²) in [5, 5.41) is 13.9. The number of hydrogen-bond acceptors (Lipinski definition) is 7. The van der Waals surface area contributed by atoms with E-state index >= 15 is 0 Å². The van der Waals surface area contributed by atoms with Crippen molar-refractivity contribution in [3.8, 4) is 16.8 Å². The third-order valence-electron chi connectivity index (χ3n) is 3.17. The number of unbranched alkanes of at least 4 members (excludes halogenated alkanes) is 1. The Morgan fingerprint density at radius 1 is 1.50 bits per heavy atom. The summed E-state index contributed by atoms with van der Waals surface area (Å²) >= 11 is 4.95. The van der Waals surface area contributed by atoms with Crippen LogP contribution in [0.15, 0.2) is 34.2 Å². The van der Waals surface area contributed by atoms with Crippen LogP contribution in [0.4, 0.5) is 0 Å². The standard InChI is InChI=1S/C17H18N4S3/c1-4-5-7-22-11-24-16-14(10-18)13(12(2)19-3)9-15(21-16)17-20-6-8-23-17/h6,8-9H,2-5,7,11H2,1H3. The molecule has 0 atom stereocenters.